The van der Waals surface area contributed by atoms with E-state index in [0.29, 0.717) is 13.0 Å². The molecule has 0 spiro atoms. The number of H-pyrrole nitrogens is 1. The Morgan fingerprint density at radius 1 is 1.47 bits per heavy atom. The van der Waals surface area contributed by atoms with Gasteiger partial charge in [0, 0.05) is 24.4 Å². The summed E-state index contributed by atoms with van der Waals surface area (Å²) in [4.78, 5) is 37.2. The highest BCUT2D eigenvalue weighted by atomic mass is 16.4. The van der Waals surface area contributed by atoms with Crippen molar-refractivity contribution in [3.8, 4) is 0 Å². The number of carbonyl (C=O) groups is 2. The molecule has 1 amide bonds. The van der Waals surface area contributed by atoms with Crippen LogP contribution in [-0.2, 0) is 4.79 Å². The molecule has 0 bridgehead atoms. The van der Waals surface area contributed by atoms with Crippen molar-refractivity contribution >= 4 is 11.9 Å². The lowest BCUT2D eigenvalue weighted by molar-refractivity contribution is -0.137. The van der Waals surface area contributed by atoms with Crippen molar-refractivity contribution in [1.82, 2.24) is 9.88 Å². The molecule has 1 aromatic rings. The number of hydrogen-bond donors (Lipinski definition) is 2. The maximum absolute atomic E-state index is 11.9. The second kappa shape index (κ2) is 5.83. The molecule has 0 radical (unpaired) electrons. The van der Waals surface area contributed by atoms with Gasteiger partial charge in [-0.3, -0.25) is 14.4 Å². The molecule has 0 aliphatic rings. The normalized spacial score (nSPS) is 9.94. The quantitative estimate of drug-likeness (QED) is 0.772. The maximum Gasteiger partial charge on any atom is 0.323 e. The van der Waals surface area contributed by atoms with E-state index in [1.807, 2.05) is 6.92 Å². The molecular formula is C11H14N2O4. The van der Waals surface area contributed by atoms with Crippen molar-refractivity contribution in [2.75, 3.05) is 13.1 Å². The molecule has 0 aromatic carbocycles. The Morgan fingerprint density at radius 3 is 2.71 bits per heavy atom. The second-order valence-electron chi connectivity index (χ2n) is 3.56. The molecule has 0 atom stereocenters. The number of amides is 1. The van der Waals surface area contributed by atoms with Gasteiger partial charge >= 0.3 is 5.97 Å². The molecule has 1 aromatic heterocycles. The zero-order chi connectivity index (χ0) is 12.8. The lowest BCUT2D eigenvalue weighted by Crippen LogP contribution is -2.36. The van der Waals surface area contributed by atoms with Crippen molar-refractivity contribution in [1.29, 1.82) is 0 Å². The third-order valence-electron chi connectivity index (χ3n) is 2.13. The minimum atomic E-state index is -1.07. The Labute approximate surface area is 97.9 Å². The van der Waals surface area contributed by atoms with E-state index in [9.17, 15) is 14.4 Å². The number of hydrogen-bond acceptors (Lipinski definition) is 3. The second-order valence-corrected chi connectivity index (χ2v) is 3.56. The van der Waals surface area contributed by atoms with Gasteiger partial charge in [-0.15, -0.1) is 0 Å². The standard InChI is InChI=1S/C11H14N2O4/c1-2-5-13(7-10(15)16)11(17)8-3-4-12-9(14)6-8/h3-4,6H,2,5,7H2,1H3,(H,12,14)(H,15,16). The fraction of sp³-hybridized carbons (Fsp3) is 0.364. The van der Waals surface area contributed by atoms with Gasteiger partial charge < -0.3 is 15.0 Å². The van der Waals surface area contributed by atoms with Gasteiger partial charge in [0.2, 0.25) is 5.56 Å². The first kappa shape index (κ1) is 13.0. The van der Waals surface area contributed by atoms with Crippen LogP contribution < -0.4 is 5.56 Å². The summed E-state index contributed by atoms with van der Waals surface area (Å²) in [5.41, 5.74) is -0.189. The number of carbonyl (C=O) groups excluding carboxylic acids is 1. The molecule has 92 valence electrons. The summed E-state index contributed by atoms with van der Waals surface area (Å²) in [5.74, 6) is -1.52. The van der Waals surface area contributed by atoms with Gasteiger partial charge in [-0.1, -0.05) is 6.92 Å². The Morgan fingerprint density at radius 2 is 2.18 bits per heavy atom. The Bertz CT molecular complexity index is 467. The first-order valence-corrected chi connectivity index (χ1v) is 5.24. The van der Waals surface area contributed by atoms with E-state index in [2.05, 4.69) is 4.98 Å². The fourth-order valence-corrected chi connectivity index (χ4v) is 1.45. The van der Waals surface area contributed by atoms with Crippen molar-refractivity contribution in [2.24, 2.45) is 0 Å². The Hall–Kier alpha value is -2.11. The van der Waals surface area contributed by atoms with Crippen molar-refractivity contribution in [3.05, 3.63) is 34.2 Å². The molecule has 6 nitrogen and oxygen atoms in total. The molecule has 0 saturated heterocycles. The van der Waals surface area contributed by atoms with Gasteiger partial charge in [0.05, 0.1) is 0 Å². The van der Waals surface area contributed by atoms with Crippen molar-refractivity contribution in [3.63, 3.8) is 0 Å². The minimum Gasteiger partial charge on any atom is -0.480 e. The lowest BCUT2D eigenvalue weighted by Gasteiger charge is -2.19. The molecule has 17 heavy (non-hydrogen) atoms. The topological polar surface area (TPSA) is 90.5 Å². The van der Waals surface area contributed by atoms with Gasteiger partial charge in [-0.05, 0) is 12.5 Å². The number of nitrogens with zero attached hydrogens (tertiary/aromatic N) is 1. The molecule has 0 fully saturated rings. The predicted molar refractivity (Wildman–Crippen MR) is 60.9 cm³/mol. The molecule has 1 heterocycles. The largest absolute Gasteiger partial charge is 0.480 e. The summed E-state index contributed by atoms with van der Waals surface area (Å²) in [6.45, 7) is 1.83. The highest BCUT2D eigenvalue weighted by Gasteiger charge is 2.17. The van der Waals surface area contributed by atoms with Gasteiger partial charge in [0.25, 0.3) is 5.91 Å². The summed E-state index contributed by atoms with van der Waals surface area (Å²) in [5, 5.41) is 8.70. The van der Waals surface area contributed by atoms with E-state index in [4.69, 9.17) is 5.11 Å². The monoisotopic (exact) mass is 238 g/mol. The number of carboxylic acid groups (broad SMARTS) is 1. The van der Waals surface area contributed by atoms with E-state index in [1.54, 1.807) is 0 Å². The van der Waals surface area contributed by atoms with Crippen LogP contribution in [0.15, 0.2) is 23.1 Å². The molecule has 0 aliphatic heterocycles. The Kier molecular flexibility index (Phi) is 4.45. The van der Waals surface area contributed by atoms with Gasteiger partial charge in [0.15, 0.2) is 0 Å². The van der Waals surface area contributed by atoms with Crippen LogP contribution in [0, 0.1) is 0 Å². The average Bonchev–Trinajstić information content (AvgIpc) is 2.27. The molecular weight excluding hydrogens is 224 g/mol. The van der Waals surface area contributed by atoms with Crippen LogP contribution in [0.2, 0.25) is 0 Å². The van der Waals surface area contributed by atoms with E-state index in [-0.39, 0.29) is 17.7 Å². The van der Waals surface area contributed by atoms with Crippen molar-refractivity contribution in [2.45, 2.75) is 13.3 Å². The fourth-order valence-electron chi connectivity index (χ4n) is 1.45. The number of carboxylic acids is 1. The number of rotatable bonds is 5. The summed E-state index contributed by atoms with van der Waals surface area (Å²) in [6.07, 6.45) is 2.02. The van der Waals surface area contributed by atoms with Crippen LogP contribution in [-0.4, -0.2) is 40.0 Å². The highest BCUT2D eigenvalue weighted by Crippen LogP contribution is 2.02. The molecule has 0 unspecified atom stereocenters. The van der Waals surface area contributed by atoms with E-state index >= 15 is 0 Å². The summed E-state index contributed by atoms with van der Waals surface area (Å²) < 4.78 is 0. The molecule has 0 aliphatic carbocycles. The number of pyridine rings is 1. The van der Waals surface area contributed by atoms with Crippen LogP contribution in [0.1, 0.15) is 23.7 Å². The molecule has 0 saturated carbocycles. The van der Waals surface area contributed by atoms with E-state index in [0.717, 1.165) is 6.07 Å². The van der Waals surface area contributed by atoms with Gasteiger partial charge in [-0.25, -0.2) is 0 Å². The van der Waals surface area contributed by atoms with Gasteiger partial charge in [0.1, 0.15) is 6.54 Å². The third-order valence-corrected chi connectivity index (χ3v) is 2.13. The van der Waals surface area contributed by atoms with Crippen LogP contribution >= 0.6 is 0 Å². The number of nitrogens with one attached hydrogen (secondary N) is 1. The summed E-state index contributed by atoms with van der Waals surface area (Å²) in [7, 11) is 0. The maximum atomic E-state index is 11.9. The molecule has 2 N–H and O–H groups in total. The van der Waals surface area contributed by atoms with Crippen LogP contribution in [0.5, 0.6) is 0 Å². The predicted octanol–water partition coefficient (Wildman–Crippen LogP) is 0.312. The van der Waals surface area contributed by atoms with Crippen LogP contribution in [0.3, 0.4) is 0 Å². The van der Waals surface area contributed by atoms with Gasteiger partial charge in [-0.2, -0.15) is 0 Å². The third kappa shape index (κ3) is 3.75. The average molecular weight is 238 g/mol. The first-order chi connectivity index (χ1) is 8.04. The first-order valence-electron chi connectivity index (χ1n) is 5.24. The highest BCUT2D eigenvalue weighted by molar-refractivity contribution is 5.95. The van der Waals surface area contributed by atoms with Crippen LogP contribution in [0.4, 0.5) is 0 Å². The number of aromatic nitrogens is 1. The summed E-state index contributed by atoms with van der Waals surface area (Å²) in [6, 6.07) is 2.61. The number of aromatic amines is 1. The Balaban J connectivity index is 2.91. The molecule has 1 rings (SSSR count). The SMILES string of the molecule is CCCN(CC(=O)O)C(=O)c1cc[nH]c(=O)c1. The van der Waals surface area contributed by atoms with E-state index < -0.39 is 11.9 Å². The van der Waals surface area contributed by atoms with E-state index in [1.165, 1.54) is 17.2 Å². The lowest BCUT2D eigenvalue weighted by atomic mass is 10.2. The minimum absolute atomic E-state index is 0.198. The van der Waals surface area contributed by atoms with Crippen molar-refractivity contribution < 1.29 is 14.7 Å². The smallest absolute Gasteiger partial charge is 0.323 e. The molecule has 6 heteroatoms. The zero-order valence-corrected chi connectivity index (χ0v) is 9.47. The van der Waals surface area contributed by atoms with Crippen LogP contribution in [0.25, 0.3) is 0 Å². The summed E-state index contributed by atoms with van der Waals surface area (Å²) >= 11 is 0. The zero-order valence-electron chi connectivity index (χ0n) is 9.47. The number of aliphatic carboxylic acids is 1.